The minimum Gasteiger partial charge on any atom is -0.497 e. The third-order valence-corrected chi connectivity index (χ3v) is 6.19. The molecule has 2 aliphatic heterocycles. The number of ether oxygens (including phenoxy) is 2. The first kappa shape index (κ1) is 21.9. The molecule has 6 heteroatoms. The Balaban J connectivity index is 1.70. The van der Waals surface area contributed by atoms with Crippen molar-refractivity contribution in [3.8, 4) is 5.75 Å². The van der Waals surface area contributed by atoms with Gasteiger partial charge in [0.1, 0.15) is 5.75 Å². The van der Waals surface area contributed by atoms with Gasteiger partial charge in [-0.1, -0.05) is 12.1 Å². The maximum absolute atomic E-state index is 5.54. The molecule has 2 saturated heterocycles. The van der Waals surface area contributed by atoms with Crippen molar-refractivity contribution < 1.29 is 9.47 Å². The van der Waals surface area contributed by atoms with Crippen LogP contribution in [0, 0.1) is 11.8 Å². The summed E-state index contributed by atoms with van der Waals surface area (Å²) in [6.45, 7) is 7.76. The molecule has 2 aliphatic rings. The first-order valence-electron chi connectivity index (χ1n) is 11.0. The number of nitrogens with zero attached hydrogens (tertiary/aromatic N) is 3. The van der Waals surface area contributed by atoms with Crippen LogP contribution in [0.3, 0.4) is 0 Å². The molecule has 0 aliphatic carbocycles. The lowest BCUT2D eigenvalue weighted by molar-refractivity contribution is 0.125. The number of rotatable bonds is 7. The number of nitrogens with one attached hydrogen (secondary N) is 1. The van der Waals surface area contributed by atoms with Crippen molar-refractivity contribution in [3.05, 3.63) is 29.8 Å². The Morgan fingerprint density at radius 1 is 1.31 bits per heavy atom. The molecule has 0 bridgehead atoms. The number of methoxy groups -OCH3 is 1. The normalized spacial score (nSPS) is 25.8. The highest BCUT2D eigenvalue weighted by atomic mass is 16.5. The smallest absolute Gasteiger partial charge is 0.193 e. The van der Waals surface area contributed by atoms with Crippen LogP contribution in [-0.2, 0) is 4.74 Å². The van der Waals surface area contributed by atoms with Gasteiger partial charge in [0, 0.05) is 45.2 Å². The summed E-state index contributed by atoms with van der Waals surface area (Å²) in [5, 5.41) is 3.48. The Labute approximate surface area is 176 Å². The van der Waals surface area contributed by atoms with E-state index >= 15 is 0 Å². The van der Waals surface area contributed by atoms with Crippen molar-refractivity contribution in [2.24, 2.45) is 16.8 Å². The van der Waals surface area contributed by atoms with Crippen LogP contribution in [0.2, 0.25) is 0 Å². The van der Waals surface area contributed by atoms with Crippen LogP contribution in [0.1, 0.15) is 37.8 Å². The van der Waals surface area contributed by atoms with Gasteiger partial charge in [-0.25, -0.2) is 0 Å². The van der Waals surface area contributed by atoms with Crippen molar-refractivity contribution in [1.82, 2.24) is 15.1 Å². The quantitative estimate of drug-likeness (QED) is 0.561. The maximum Gasteiger partial charge on any atom is 0.193 e. The fraction of sp³-hybridized carbons (Fsp3) is 0.696. The average molecular weight is 403 g/mol. The molecule has 0 aromatic heterocycles. The molecule has 0 spiro atoms. The van der Waals surface area contributed by atoms with Gasteiger partial charge in [-0.3, -0.25) is 9.89 Å². The Kier molecular flexibility index (Phi) is 8.19. The van der Waals surface area contributed by atoms with E-state index in [4.69, 9.17) is 14.5 Å². The summed E-state index contributed by atoms with van der Waals surface area (Å²) in [4.78, 5) is 9.82. The van der Waals surface area contributed by atoms with E-state index in [1.54, 1.807) is 7.11 Å². The van der Waals surface area contributed by atoms with E-state index in [0.717, 1.165) is 57.5 Å². The largest absolute Gasteiger partial charge is 0.497 e. The fourth-order valence-corrected chi connectivity index (χ4v) is 4.65. The maximum atomic E-state index is 5.54. The summed E-state index contributed by atoms with van der Waals surface area (Å²) >= 11 is 0. The van der Waals surface area contributed by atoms with Crippen LogP contribution in [0.5, 0.6) is 5.75 Å². The second-order valence-electron chi connectivity index (χ2n) is 8.41. The molecule has 6 nitrogen and oxygen atoms in total. The first-order valence-corrected chi connectivity index (χ1v) is 11.0. The van der Waals surface area contributed by atoms with Crippen LogP contribution in [0.15, 0.2) is 29.3 Å². The van der Waals surface area contributed by atoms with E-state index in [2.05, 4.69) is 60.4 Å². The second-order valence-corrected chi connectivity index (χ2v) is 8.41. The Bertz CT molecular complexity index is 643. The zero-order chi connectivity index (χ0) is 20.6. The van der Waals surface area contributed by atoms with E-state index in [1.807, 2.05) is 0 Å². The Hall–Kier alpha value is -1.79. The summed E-state index contributed by atoms with van der Waals surface area (Å²) in [7, 11) is 6.10. The van der Waals surface area contributed by atoms with Crippen LogP contribution in [-0.4, -0.2) is 76.4 Å². The van der Waals surface area contributed by atoms with Crippen LogP contribution in [0.4, 0.5) is 0 Å². The number of guanidine groups is 1. The standard InChI is InChI=1S/C23H38N4O2/c1-5-24-23(27(3)16-18-12-14-29-17-18)25-15-20-7-6-13-26(2)22(20)19-8-10-21(28-4)11-9-19/h8-11,18,20,22H,5-7,12-17H2,1-4H3,(H,24,25). The van der Waals surface area contributed by atoms with Gasteiger partial charge >= 0.3 is 0 Å². The molecule has 1 aromatic carbocycles. The lowest BCUT2D eigenvalue weighted by atomic mass is 9.85. The van der Waals surface area contributed by atoms with Gasteiger partial charge in [0.2, 0.25) is 0 Å². The van der Waals surface area contributed by atoms with Crippen LogP contribution < -0.4 is 10.1 Å². The summed E-state index contributed by atoms with van der Waals surface area (Å²) in [5.41, 5.74) is 1.36. The van der Waals surface area contributed by atoms with E-state index in [-0.39, 0.29) is 0 Å². The number of piperidine rings is 1. The summed E-state index contributed by atoms with van der Waals surface area (Å²) in [6.07, 6.45) is 3.59. The SMILES string of the molecule is CCNC(=NCC1CCCN(C)C1c1ccc(OC)cc1)N(C)CC1CCOC1. The van der Waals surface area contributed by atoms with Gasteiger partial charge in [-0.15, -0.1) is 0 Å². The lowest BCUT2D eigenvalue weighted by Gasteiger charge is -2.39. The highest BCUT2D eigenvalue weighted by molar-refractivity contribution is 5.79. The van der Waals surface area contributed by atoms with Gasteiger partial charge in [-0.05, 0) is 63.4 Å². The third-order valence-electron chi connectivity index (χ3n) is 6.19. The Morgan fingerprint density at radius 3 is 2.76 bits per heavy atom. The minimum atomic E-state index is 0.398. The van der Waals surface area contributed by atoms with Crippen molar-refractivity contribution in [2.75, 3.05) is 60.6 Å². The van der Waals surface area contributed by atoms with E-state index < -0.39 is 0 Å². The summed E-state index contributed by atoms with van der Waals surface area (Å²) < 4.78 is 10.9. The van der Waals surface area contributed by atoms with E-state index in [0.29, 0.717) is 17.9 Å². The second kappa shape index (κ2) is 10.8. The van der Waals surface area contributed by atoms with Crippen molar-refractivity contribution in [1.29, 1.82) is 0 Å². The average Bonchev–Trinajstić information content (AvgIpc) is 3.24. The van der Waals surface area contributed by atoms with Crippen molar-refractivity contribution in [2.45, 2.75) is 32.2 Å². The number of hydrogen-bond acceptors (Lipinski definition) is 4. The molecule has 0 saturated carbocycles. The van der Waals surface area contributed by atoms with Crippen LogP contribution in [0.25, 0.3) is 0 Å². The molecule has 2 fully saturated rings. The predicted octanol–water partition coefficient (Wildman–Crippen LogP) is 3.01. The van der Waals surface area contributed by atoms with Gasteiger partial charge in [0.15, 0.2) is 5.96 Å². The molecular formula is C23H38N4O2. The molecule has 3 unspecified atom stereocenters. The minimum absolute atomic E-state index is 0.398. The summed E-state index contributed by atoms with van der Waals surface area (Å²) in [5.74, 6) is 3.05. The highest BCUT2D eigenvalue weighted by Gasteiger charge is 2.30. The topological polar surface area (TPSA) is 49.3 Å². The van der Waals surface area contributed by atoms with Crippen molar-refractivity contribution in [3.63, 3.8) is 0 Å². The van der Waals surface area contributed by atoms with Crippen LogP contribution >= 0.6 is 0 Å². The van der Waals surface area contributed by atoms with E-state index in [1.165, 1.54) is 18.4 Å². The Morgan fingerprint density at radius 2 is 2.10 bits per heavy atom. The van der Waals surface area contributed by atoms with Gasteiger partial charge < -0.3 is 19.7 Å². The van der Waals surface area contributed by atoms with E-state index in [9.17, 15) is 0 Å². The molecule has 29 heavy (non-hydrogen) atoms. The number of benzene rings is 1. The fourth-order valence-electron chi connectivity index (χ4n) is 4.65. The number of aliphatic imine (C=N–C) groups is 1. The number of hydrogen-bond donors (Lipinski definition) is 1. The molecule has 162 valence electrons. The molecule has 3 rings (SSSR count). The molecule has 0 amide bonds. The van der Waals surface area contributed by atoms with Gasteiger partial charge in [-0.2, -0.15) is 0 Å². The lowest BCUT2D eigenvalue weighted by Crippen LogP contribution is -2.42. The zero-order valence-electron chi connectivity index (χ0n) is 18.6. The zero-order valence-corrected chi connectivity index (χ0v) is 18.6. The number of likely N-dealkylation sites (tertiary alicyclic amines) is 1. The molecule has 1 aromatic rings. The molecule has 2 heterocycles. The first-order chi connectivity index (χ1) is 14.1. The monoisotopic (exact) mass is 402 g/mol. The van der Waals surface area contributed by atoms with Crippen molar-refractivity contribution >= 4 is 5.96 Å². The molecule has 1 N–H and O–H groups in total. The molecular weight excluding hydrogens is 364 g/mol. The summed E-state index contributed by atoms with van der Waals surface area (Å²) in [6, 6.07) is 8.95. The predicted molar refractivity (Wildman–Crippen MR) is 119 cm³/mol. The highest BCUT2D eigenvalue weighted by Crippen LogP contribution is 2.35. The van der Waals surface area contributed by atoms with Gasteiger partial charge in [0.05, 0.1) is 13.7 Å². The third kappa shape index (κ3) is 5.86. The molecule has 3 atom stereocenters. The van der Waals surface area contributed by atoms with Gasteiger partial charge in [0.25, 0.3) is 0 Å². The molecule has 0 radical (unpaired) electrons.